The number of methoxy groups -OCH3 is 1. The summed E-state index contributed by atoms with van der Waals surface area (Å²) in [6.07, 6.45) is 0.938. The van der Waals surface area contributed by atoms with E-state index in [0.717, 1.165) is 36.9 Å². The van der Waals surface area contributed by atoms with Crippen LogP contribution in [0.25, 0.3) is 0 Å². The summed E-state index contributed by atoms with van der Waals surface area (Å²) in [5, 5.41) is 8.26. The summed E-state index contributed by atoms with van der Waals surface area (Å²) in [5.41, 5.74) is 1.22. The molecule has 0 bridgehead atoms. The van der Waals surface area contributed by atoms with Gasteiger partial charge in [0, 0.05) is 19.0 Å². The van der Waals surface area contributed by atoms with Crippen molar-refractivity contribution in [3.05, 3.63) is 41.5 Å². The number of ether oxygens (including phenoxy) is 1. The second kappa shape index (κ2) is 5.37. The van der Waals surface area contributed by atoms with Gasteiger partial charge in [-0.05, 0) is 37.0 Å². The number of hydrogen-bond donors (Lipinski definition) is 0. The van der Waals surface area contributed by atoms with E-state index in [2.05, 4.69) is 26.9 Å². The highest BCUT2D eigenvalue weighted by Crippen LogP contribution is 2.49. The van der Waals surface area contributed by atoms with E-state index in [-0.39, 0.29) is 11.8 Å². The van der Waals surface area contributed by atoms with Gasteiger partial charge >= 0.3 is 0 Å². The number of aromatic nitrogens is 3. The van der Waals surface area contributed by atoms with Crippen LogP contribution in [-0.4, -0.2) is 39.2 Å². The van der Waals surface area contributed by atoms with Crippen LogP contribution < -0.4 is 4.74 Å². The van der Waals surface area contributed by atoms with Crippen LogP contribution in [0.1, 0.15) is 29.6 Å². The minimum absolute atomic E-state index is 0.110. The van der Waals surface area contributed by atoms with Crippen molar-refractivity contribution in [2.24, 2.45) is 5.92 Å². The Hall–Kier alpha value is -2.37. The van der Waals surface area contributed by atoms with E-state index in [0.29, 0.717) is 12.5 Å². The molecule has 6 nitrogen and oxygen atoms in total. The number of hydrogen-bond acceptors (Lipinski definition) is 4. The van der Waals surface area contributed by atoms with Crippen LogP contribution in [0.2, 0.25) is 0 Å². The van der Waals surface area contributed by atoms with Crippen LogP contribution in [-0.2, 0) is 17.9 Å². The Bertz CT molecular complexity index is 738. The zero-order chi connectivity index (χ0) is 16.0. The van der Waals surface area contributed by atoms with E-state index >= 15 is 0 Å². The topological polar surface area (TPSA) is 60.2 Å². The summed E-state index contributed by atoms with van der Waals surface area (Å²) in [4.78, 5) is 14.7. The largest absolute Gasteiger partial charge is 0.497 e. The third kappa shape index (κ3) is 2.48. The third-order valence-corrected chi connectivity index (χ3v) is 4.90. The smallest absolute Gasteiger partial charge is 0.226 e. The Kier molecular flexibility index (Phi) is 3.32. The van der Waals surface area contributed by atoms with Gasteiger partial charge in [0.15, 0.2) is 5.82 Å². The molecule has 23 heavy (non-hydrogen) atoms. The summed E-state index contributed by atoms with van der Waals surface area (Å²) < 4.78 is 7.28. The quantitative estimate of drug-likeness (QED) is 0.866. The van der Waals surface area contributed by atoms with Crippen LogP contribution in [0.5, 0.6) is 5.75 Å². The molecule has 1 aromatic carbocycles. The van der Waals surface area contributed by atoms with Gasteiger partial charge in [0.2, 0.25) is 5.91 Å². The van der Waals surface area contributed by atoms with Gasteiger partial charge in [-0.25, -0.2) is 0 Å². The standard InChI is InChI=1S/C17H20N4O2/c1-11-18-19-16-10-20(7-8-21(11)16)17(22)15-9-14(15)12-3-5-13(23-2)6-4-12/h3-6,14-15H,7-10H2,1-2H3/t14-,15+/m0/s1. The lowest BCUT2D eigenvalue weighted by molar-refractivity contribution is -0.134. The summed E-state index contributed by atoms with van der Waals surface area (Å²) in [6, 6.07) is 8.04. The van der Waals surface area contributed by atoms with Gasteiger partial charge < -0.3 is 14.2 Å². The van der Waals surface area contributed by atoms with Crippen LogP contribution in [0.4, 0.5) is 0 Å². The fraction of sp³-hybridized carbons (Fsp3) is 0.471. The fourth-order valence-corrected chi connectivity index (χ4v) is 3.41. The van der Waals surface area contributed by atoms with Gasteiger partial charge in [0.25, 0.3) is 0 Å². The van der Waals surface area contributed by atoms with Crippen LogP contribution in [0, 0.1) is 12.8 Å². The second-order valence-corrected chi connectivity index (χ2v) is 6.30. The first kappa shape index (κ1) is 14.2. The highest BCUT2D eigenvalue weighted by Gasteiger charge is 2.46. The first-order valence-electron chi connectivity index (χ1n) is 7.99. The van der Waals surface area contributed by atoms with Crippen molar-refractivity contribution < 1.29 is 9.53 Å². The molecule has 1 fully saturated rings. The molecule has 1 saturated carbocycles. The highest BCUT2D eigenvalue weighted by molar-refractivity contribution is 5.83. The van der Waals surface area contributed by atoms with E-state index in [9.17, 15) is 4.79 Å². The van der Waals surface area contributed by atoms with Gasteiger partial charge in [0.05, 0.1) is 13.7 Å². The molecule has 2 heterocycles. The maximum Gasteiger partial charge on any atom is 0.226 e. The fourth-order valence-electron chi connectivity index (χ4n) is 3.41. The average Bonchev–Trinajstić information content (AvgIpc) is 3.31. The van der Waals surface area contributed by atoms with Gasteiger partial charge in [0.1, 0.15) is 11.6 Å². The van der Waals surface area contributed by atoms with Gasteiger partial charge in [-0.3, -0.25) is 4.79 Å². The molecule has 1 aliphatic heterocycles. The zero-order valence-corrected chi connectivity index (χ0v) is 13.4. The van der Waals surface area contributed by atoms with Crippen molar-refractivity contribution >= 4 is 5.91 Å². The minimum Gasteiger partial charge on any atom is -0.497 e. The summed E-state index contributed by atoms with van der Waals surface area (Å²) >= 11 is 0. The number of benzene rings is 1. The molecule has 2 aliphatic rings. The number of amides is 1. The molecule has 0 unspecified atom stereocenters. The molecule has 0 spiro atoms. The molecule has 6 heteroatoms. The summed E-state index contributed by atoms with van der Waals surface area (Å²) in [5.74, 6) is 3.37. The zero-order valence-electron chi connectivity index (χ0n) is 13.4. The Labute approximate surface area is 135 Å². The predicted octanol–water partition coefficient (Wildman–Crippen LogP) is 1.74. The van der Waals surface area contributed by atoms with Crippen molar-refractivity contribution in [1.82, 2.24) is 19.7 Å². The molecule has 0 saturated heterocycles. The molecule has 4 rings (SSSR count). The highest BCUT2D eigenvalue weighted by atomic mass is 16.5. The van der Waals surface area contributed by atoms with Crippen molar-refractivity contribution in [1.29, 1.82) is 0 Å². The summed E-state index contributed by atoms with van der Waals surface area (Å²) in [7, 11) is 1.66. The Morgan fingerprint density at radius 3 is 2.74 bits per heavy atom. The molecule has 1 aromatic heterocycles. The van der Waals surface area contributed by atoms with Crippen LogP contribution >= 0.6 is 0 Å². The second-order valence-electron chi connectivity index (χ2n) is 6.30. The van der Waals surface area contributed by atoms with Gasteiger partial charge in [-0.1, -0.05) is 12.1 Å². The molecule has 0 N–H and O–H groups in total. The maximum absolute atomic E-state index is 12.7. The van der Waals surface area contributed by atoms with Crippen molar-refractivity contribution in [2.45, 2.75) is 32.4 Å². The first-order valence-corrected chi connectivity index (χ1v) is 7.99. The van der Waals surface area contributed by atoms with Gasteiger partial charge in [-0.15, -0.1) is 10.2 Å². The van der Waals surface area contributed by atoms with Crippen molar-refractivity contribution in [2.75, 3.05) is 13.7 Å². The minimum atomic E-state index is 0.110. The number of fused-ring (bicyclic) bond motifs is 1. The lowest BCUT2D eigenvalue weighted by Crippen LogP contribution is -2.39. The molecular formula is C17H20N4O2. The van der Waals surface area contributed by atoms with E-state index in [1.165, 1.54) is 5.56 Å². The number of aryl methyl sites for hydroxylation is 1. The molecule has 120 valence electrons. The lowest BCUT2D eigenvalue weighted by Gasteiger charge is -2.27. The Morgan fingerprint density at radius 2 is 2.00 bits per heavy atom. The Balaban J connectivity index is 1.43. The molecular weight excluding hydrogens is 292 g/mol. The molecule has 0 radical (unpaired) electrons. The van der Waals surface area contributed by atoms with E-state index < -0.39 is 0 Å². The number of rotatable bonds is 3. The lowest BCUT2D eigenvalue weighted by atomic mass is 10.1. The van der Waals surface area contributed by atoms with E-state index in [1.54, 1.807) is 7.11 Å². The normalized spacial score (nSPS) is 22.6. The molecule has 1 aliphatic carbocycles. The average molecular weight is 312 g/mol. The number of carbonyl (C=O) groups is 1. The van der Waals surface area contributed by atoms with Crippen molar-refractivity contribution in [3.63, 3.8) is 0 Å². The van der Waals surface area contributed by atoms with E-state index in [1.807, 2.05) is 24.0 Å². The molecule has 2 atom stereocenters. The van der Waals surface area contributed by atoms with Crippen molar-refractivity contribution in [3.8, 4) is 5.75 Å². The van der Waals surface area contributed by atoms with E-state index in [4.69, 9.17) is 4.74 Å². The SMILES string of the molecule is COc1ccc([C@@H]2C[C@H]2C(=O)N2CCn3c(C)nnc3C2)cc1. The van der Waals surface area contributed by atoms with Gasteiger partial charge in [-0.2, -0.15) is 0 Å². The Morgan fingerprint density at radius 1 is 1.22 bits per heavy atom. The monoisotopic (exact) mass is 312 g/mol. The summed E-state index contributed by atoms with van der Waals surface area (Å²) in [6.45, 7) is 4.07. The third-order valence-electron chi connectivity index (χ3n) is 4.90. The van der Waals surface area contributed by atoms with Crippen LogP contribution in [0.3, 0.4) is 0 Å². The van der Waals surface area contributed by atoms with Crippen LogP contribution in [0.15, 0.2) is 24.3 Å². The maximum atomic E-state index is 12.7. The molecule has 1 amide bonds. The molecule has 2 aromatic rings. The number of nitrogens with zero attached hydrogens (tertiary/aromatic N) is 4. The predicted molar refractivity (Wildman–Crippen MR) is 84.0 cm³/mol. The number of carbonyl (C=O) groups excluding carboxylic acids is 1. The first-order chi connectivity index (χ1) is 11.2.